The topological polar surface area (TPSA) is 105 Å². The number of aliphatic hydroxyl groups is 1. The van der Waals surface area contributed by atoms with Gasteiger partial charge in [-0.1, -0.05) is 18.2 Å². The number of nitrogens with one attached hydrogen (secondary N) is 2. The second kappa shape index (κ2) is 9.43. The molecule has 2 heterocycles. The van der Waals surface area contributed by atoms with Crippen molar-refractivity contribution in [3.05, 3.63) is 48.5 Å². The minimum absolute atomic E-state index is 0.137. The van der Waals surface area contributed by atoms with Crippen LogP contribution in [0.15, 0.2) is 48.5 Å². The van der Waals surface area contributed by atoms with Crippen molar-refractivity contribution in [2.75, 3.05) is 38.7 Å². The molecule has 154 valence electrons. The third-order valence-corrected chi connectivity index (χ3v) is 4.76. The van der Waals surface area contributed by atoms with Crippen LogP contribution < -0.4 is 15.4 Å². The van der Waals surface area contributed by atoms with Gasteiger partial charge in [0.1, 0.15) is 11.3 Å². The number of ether oxygens (including phenoxy) is 1. The van der Waals surface area contributed by atoms with E-state index in [4.69, 9.17) is 19.8 Å². The van der Waals surface area contributed by atoms with Crippen LogP contribution in [0.3, 0.4) is 0 Å². The number of rotatable bonds is 9. The maximum absolute atomic E-state index is 8.86. The summed E-state index contributed by atoms with van der Waals surface area (Å²) in [4.78, 5) is 9.57. The number of methoxy groups -OCH3 is 1. The molecule has 0 bridgehead atoms. The van der Waals surface area contributed by atoms with E-state index in [0.717, 1.165) is 40.7 Å². The largest absolute Gasteiger partial charge is 0.497 e. The van der Waals surface area contributed by atoms with Crippen LogP contribution in [-0.2, 0) is 0 Å². The van der Waals surface area contributed by atoms with Crippen LogP contribution in [0.2, 0.25) is 0 Å². The quantitative estimate of drug-likeness (QED) is 0.289. The number of benzene rings is 2. The molecule has 0 unspecified atom stereocenters. The molecule has 0 fully saturated rings. The van der Waals surface area contributed by atoms with Gasteiger partial charge in [-0.2, -0.15) is 0 Å². The van der Waals surface area contributed by atoms with Gasteiger partial charge >= 0.3 is 0 Å². The molecule has 2 aromatic carbocycles. The average Bonchev–Trinajstić information content (AvgIpc) is 2.81. The summed E-state index contributed by atoms with van der Waals surface area (Å²) >= 11 is 0. The summed E-state index contributed by atoms with van der Waals surface area (Å²) in [6.07, 6.45) is 0.879. The van der Waals surface area contributed by atoms with Crippen LogP contribution in [0.5, 0.6) is 5.75 Å². The summed E-state index contributed by atoms with van der Waals surface area (Å²) in [6.45, 7) is 2.24. The van der Waals surface area contributed by atoms with Gasteiger partial charge in [-0.15, -0.1) is 10.2 Å². The van der Waals surface area contributed by atoms with E-state index < -0.39 is 0 Å². The SMILES string of the molecule is COc1ccc(-c2nc(NCCCNCCO)c3nnc4ccccc4c3n2)cc1. The molecule has 0 radical (unpaired) electrons. The Balaban J connectivity index is 1.72. The molecule has 0 amide bonds. The normalized spacial score (nSPS) is 11.1. The Labute approximate surface area is 174 Å². The Morgan fingerprint density at radius 3 is 2.53 bits per heavy atom. The minimum atomic E-state index is 0.137. The molecule has 0 spiro atoms. The molecule has 0 aliphatic carbocycles. The van der Waals surface area contributed by atoms with Crippen LogP contribution in [0.4, 0.5) is 5.82 Å². The summed E-state index contributed by atoms with van der Waals surface area (Å²) in [6, 6.07) is 15.5. The van der Waals surface area contributed by atoms with Crippen LogP contribution in [0.25, 0.3) is 33.3 Å². The lowest BCUT2D eigenvalue weighted by Crippen LogP contribution is -2.21. The van der Waals surface area contributed by atoms with E-state index >= 15 is 0 Å². The molecule has 0 saturated carbocycles. The highest BCUT2D eigenvalue weighted by atomic mass is 16.5. The Kier molecular flexibility index (Phi) is 6.26. The van der Waals surface area contributed by atoms with Gasteiger partial charge in [0.15, 0.2) is 17.2 Å². The first kappa shape index (κ1) is 19.9. The molecule has 4 rings (SSSR count). The van der Waals surface area contributed by atoms with Crippen molar-refractivity contribution < 1.29 is 9.84 Å². The summed E-state index contributed by atoms with van der Waals surface area (Å²) < 4.78 is 5.26. The van der Waals surface area contributed by atoms with Gasteiger partial charge in [0.05, 0.1) is 19.2 Å². The summed E-state index contributed by atoms with van der Waals surface area (Å²) in [5.41, 5.74) is 3.10. The summed E-state index contributed by atoms with van der Waals surface area (Å²) in [7, 11) is 1.64. The van der Waals surface area contributed by atoms with Crippen LogP contribution in [-0.4, -0.2) is 58.6 Å². The molecule has 2 aromatic heterocycles. The highest BCUT2D eigenvalue weighted by Gasteiger charge is 2.14. The van der Waals surface area contributed by atoms with Gasteiger partial charge in [-0.25, -0.2) is 9.97 Å². The third-order valence-electron chi connectivity index (χ3n) is 4.76. The Morgan fingerprint density at radius 2 is 1.73 bits per heavy atom. The maximum Gasteiger partial charge on any atom is 0.162 e. The molecule has 30 heavy (non-hydrogen) atoms. The van der Waals surface area contributed by atoms with Gasteiger partial charge in [0.2, 0.25) is 0 Å². The number of aromatic nitrogens is 4. The molecule has 8 nitrogen and oxygen atoms in total. The predicted molar refractivity (Wildman–Crippen MR) is 118 cm³/mol. The fourth-order valence-electron chi connectivity index (χ4n) is 3.22. The Morgan fingerprint density at radius 1 is 0.900 bits per heavy atom. The van der Waals surface area contributed by atoms with Crippen molar-refractivity contribution in [1.82, 2.24) is 25.5 Å². The zero-order valence-electron chi connectivity index (χ0n) is 16.8. The standard InChI is InChI=1S/C22H24N6O2/c1-30-16-9-7-15(8-10-16)21-25-19-17-5-2-3-6-18(17)27-28-20(19)22(26-21)24-12-4-11-23-13-14-29/h2-3,5-10,23,29H,4,11-14H2,1H3,(H,24,25,26). The highest BCUT2D eigenvalue weighted by Crippen LogP contribution is 2.28. The van der Waals surface area contributed by atoms with Gasteiger partial charge in [-0.3, -0.25) is 0 Å². The molecular weight excluding hydrogens is 380 g/mol. The number of nitrogens with zero attached hydrogens (tertiary/aromatic N) is 4. The average molecular weight is 404 g/mol. The fourth-order valence-corrected chi connectivity index (χ4v) is 3.22. The van der Waals surface area contributed by atoms with Crippen molar-refractivity contribution in [3.8, 4) is 17.1 Å². The van der Waals surface area contributed by atoms with Crippen molar-refractivity contribution >= 4 is 27.8 Å². The lowest BCUT2D eigenvalue weighted by Gasteiger charge is -2.12. The molecule has 3 N–H and O–H groups in total. The van der Waals surface area contributed by atoms with Gasteiger partial charge in [-0.05, 0) is 43.3 Å². The number of hydrogen-bond donors (Lipinski definition) is 3. The first-order valence-corrected chi connectivity index (χ1v) is 9.93. The van der Waals surface area contributed by atoms with E-state index in [9.17, 15) is 0 Å². The highest BCUT2D eigenvalue weighted by molar-refractivity contribution is 6.04. The fraction of sp³-hybridized carbons (Fsp3) is 0.273. The van der Waals surface area contributed by atoms with Crippen molar-refractivity contribution in [1.29, 1.82) is 0 Å². The lowest BCUT2D eigenvalue weighted by molar-refractivity contribution is 0.292. The number of anilines is 1. The number of aliphatic hydroxyl groups excluding tert-OH is 1. The van der Waals surface area contributed by atoms with E-state index in [-0.39, 0.29) is 6.61 Å². The van der Waals surface area contributed by atoms with Crippen molar-refractivity contribution in [2.24, 2.45) is 0 Å². The Hall–Kier alpha value is -3.36. The van der Waals surface area contributed by atoms with Crippen molar-refractivity contribution in [3.63, 3.8) is 0 Å². The summed E-state index contributed by atoms with van der Waals surface area (Å²) in [5.74, 6) is 2.06. The molecule has 0 saturated heterocycles. The third kappa shape index (κ3) is 4.29. The van der Waals surface area contributed by atoms with Crippen LogP contribution in [0.1, 0.15) is 6.42 Å². The van der Waals surface area contributed by atoms with Crippen molar-refractivity contribution in [2.45, 2.75) is 6.42 Å². The smallest absolute Gasteiger partial charge is 0.162 e. The monoisotopic (exact) mass is 404 g/mol. The lowest BCUT2D eigenvalue weighted by atomic mass is 10.1. The predicted octanol–water partition coefficient (Wildman–Crippen LogP) is 2.63. The van der Waals surface area contributed by atoms with E-state index in [1.165, 1.54) is 0 Å². The van der Waals surface area contributed by atoms with Gasteiger partial charge < -0.3 is 20.5 Å². The van der Waals surface area contributed by atoms with Crippen LogP contribution in [0, 0.1) is 0 Å². The molecular formula is C22H24N6O2. The second-order valence-corrected chi connectivity index (χ2v) is 6.79. The van der Waals surface area contributed by atoms with Gasteiger partial charge in [0.25, 0.3) is 0 Å². The number of hydrogen-bond acceptors (Lipinski definition) is 8. The molecule has 0 aliphatic heterocycles. The van der Waals surface area contributed by atoms with E-state index in [1.807, 2.05) is 48.5 Å². The summed E-state index contributed by atoms with van der Waals surface area (Å²) in [5, 5.41) is 25.1. The second-order valence-electron chi connectivity index (χ2n) is 6.79. The van der Waals surface area contributed by atoms with Crippen LogP contribution >= 0.6 is 0 Å². The molecule has 0 aliphatic rings. The van der Waals surface area contributed by atoms with E-state index in [1.54, 1.807) is 7.11 Å². The first-order valence-electron chi connectivity index (χ1n) is 9.93. The zero-order valence-corrected chi connectivity index (χ0v) is 16.8. The van der Waals surface area contributed by atoms with Gasteiger partial charge in [0, 0.05) is 24.0 Å². The number of fused-ring (bicyclic) bond motifs is 3. The molecule has 4 aromatic rings. The minimum Gasteiger partial charge on any atom is -0.497 e. The molecule has 8 heteroatoms. The first-order chi connectivity index (χ1) is 14.8. The zero-order chi connectivity index (χ0) is 20.8. The maximum atomic E-state index is 8.86. The molecule has 0 atom stereocenters. The van der Waals surface area contributed by atoms with E-state index in [0.29, 0.717) is 30.2 Å². The van der Waals surface area contributed by atoms with E-state index in [2.05, 4.69) is 20.8 Å². The Bertz CT molecular complexity index is 1130.